The Morgan fingerprint density at radius 1 is 0.976 bits per heavy atom. The molecule has 220 valence electrons. The fourth-order valence-electron chi connectivity index (χ4n) is 4.33. The first-order valence-electron chi connectivity index (χ1n) is 13.2. The van der Waals surface area contributed by atoms with Gasteiger partial charge in [0, 0.05) is 43.3 Å². The van der Waals surface area contributed by atoms with Gasteiger partial charge in [-0.1, -0.05) is 12.1 Å². The van der Waals surface area contributed by atoms with Crippen molar-refractivity contribution in [2.75, 3.05) is 51.3 Å². The van der Waals surface area contributed by atoms with Crippen molar-refractivity contribution in [3.8, 4) is 0 Å². The highest BCUT2D eigenvalue weighted by Crippen LogP contribution is 2.30. The number of benzene rings is 2. The largest absolute Gasteiger partial charge is 0.416 e. The molecular formula is C29H32F4N4O3S. The van der Waals surface area contributed by atoms with E-state index in [1.54, 1.807) is 17.0 Å². The van der Waals surface area contributed by atoms with Crippen LogP contribution in [0.1, 0.15) is 21.6 Å². The zero-order valence-corrected chi connectivity index (χ0v) is 23.4. The molecule has 2 aromatic carbocycles. The number of amides is 3. The van der Waals surface area contributed by atoms with Gasteiger partial charge in [-0.05, 0) is 65.9 Å². The number of thiophene rings is 1. The zero-order valence-electron chi connectivity index (χ0n) is 22.6. The molecule has 1 aliphatic rings. The number of carbonyl (C=O) groups is 2. The van der Waals surface area contributed by atoms with Crippen molar-refractivity contribution in [1.82, 2.24) is 14.7 Å². The molecule has 0 radical (unpaired) electrons. The van der Waals surface area contributed by atoms with Crippen LogP contribution in [0.5, 0.6) is 0 Å². The van der Waals surface area contributed by atoms with E-state index in [0.717, 1.165) is 28.1 Å². The van der Waals surface area contributed by atoms with Gasteiger partial charge >= 0.3 is 12.2 Å². The van der Waals surface area contributed by atoms with Crippen LogP contribution in [0.4, 0.5) is 28.0 Å². The summed E-state index contributed by atoms with van der Waals surface area (Å²) in [4.78, 5) is 33.1. The van der Waals surface area contributed by atoms with Crippen LogP contribution in [0, 0.1) is 12.7 Å². The summed E-state index contributed by atoms with van der Waals surface area (Å²) < 4.78 is 57.8. The fourth-order valence-corrected chi connectivity index (χ4v) is 5.25. The van der Waals surface area contributed by atoms with Gasteiger partial charge in [-0.2, -0.15) is 13.2 Å². The Bertz CT molecular complexity index is 1290. The Balaban J connectivity index is 1.51. The summed E-state index contributed by atoms with van der Waals surface area (Å²) in [6, 6.07) is 11.4. The topological polar surface area (TPSA) is 65.1 Å². The lowest BCUT2D eigenvalue weighted by Crippen LogP contribution is -2.48. The molecule has 3 amide bonds. The summed E-state index contributed by atoms with van der Waals surface area (Å²) in [6.45, 7) is 5.49. The predicted molar refractivity (Wildman–Crippen MR) is 149 cm³/mol. The lowest BCUT2D eigenvalue weighted by Gasteiger charge is -2.31. The van der Waals surface area contributed by atoms with E-state index in [1.807, 2.05) is 18.4 Å². The second-order valence-corrected chi connectivity index (χ2v) is 10.8. The maximum atomic E-state index is 13.7. The summed E-state index contributed by atoms with van der Waals surface area (Å²) >= 11 is 1.52. The van der Waals surface area contributed by atoms with Gasteiger partial charge in [0.2, 0.25) is 5.91 Å². The molecule has 12 heteroatoms. The van der Waals surface area contributed by atoms with Crippen LogP contribution in [0.3, 0.4) is 0 Å². The number of ether oxygens (including phenoxy) is 1. The van der Waals surface area contributed by atoms with Crippen LogP contribution in [-0.4, -0.2) is 72.6 Å². The first-order valence-corrected chi connectivity index (χ1v) is 14.0. The highest BCUT2D eigenvalue weighted by atomic mass is 32.1. The Morgan fingerprint density at radius 2 is 1.66 bits per heavy atom. The lowest BCUT2D eigenvalue weighted by atomic mass is 10.2. The van der Waals surface area contributed by atoms with Crippen molar-refractivity contribution in [1.29, 1.82) is 0 Å². The summed E-state index contributed by atoms with van der Waals surface area (Å²) in [5, 5.41) is 4.57. The van der Waals surface area contributed by atoms with E-state index in [2.05, 4.69) is 10.2 Å². The van der Waals surface area contributed by atoms with E-state index in [4.69, 9.17) is 4.74 Å². The third kappa shape index (κ3) is 9.00. The highest BCUT2D eigenvalue weighted by Gasteiger charge is 2.30. The number of anilines is 1. The second kappa shape index (κ2) is 13.9. The van der Waals surface area contributed by atoms with Crippen molar-refractivity contribution < 1.29 is 31.9 Å². The van der Waals surface area contributed by atoms with Gasteiger partial charge in [-0.15, -0.1) is 11.3 Å². The van der Waals surface area contributed by atoms with Gasteiger partial charge in [-0.3, -0.25) is 9.69 Å². The Kier molecular flexibility index (Phi) is 10.4. The van der Waals surface area contributed by atoms with Gasteiger partial charge in [0.1, 0.15) is 12.4 Å². The van der Waals surface area contributed by atoms with Crippen molar-refractivity contribution in [2.24, 2.45) is 0 Å². The SMILES string of the molecule is Cc1ccsc1CN(Cc1ccc(F)cc1)C(=O)CN(CCN1CCOCC1)C(=O)Nc1ccc(C(F)(F)F)cc1. The van der Waals surface area contributed by atoms with Crippen LogP contribution in [-0.2, 0) is 28.8 Å². The van der Waals surface area contributed by atoms with Crippen molar-refractivity contribution in [2.45, 2.75) is 26.2 Å². The molecule has 7 nitrogen and oxygen atoms in total. The van der Waals surface area contributed by atoms with Gasteiger partial charge in [0.25, 0.3) is 0 Å². The quantitative estimate of drug-likeness (QED) is 0.311. The van der Waals surface area contributed by atoms with E-state index >= 15 is 0 Å². The molecule has 0 saturated carbocycles. The number of nitrogens with zero attached hydrogens (tertiary/aromatic N) is 3. The number of hydrogen-bond donors (Lipinski definition) is 1. The van der Waals surface area contributed by atoms with Gasteiger partial charge in [0.15, 0.2) is 0 Å². The Hall–Kier alpha value is -3.48. The molecule has 2 heterocycles. The minimum absolute atomic E-state index is 0.184. The predicted octanol–water partition coefficient (Wildman–Crippen LogP) is 5.61. The number of urea groups is 1. The number of rotatable bonds is 10. The molecule has 0 atom stereocenters. The summed E-state index contributed by atoms with van der Waals surface area (Å²) in [7, 11) is 0. The summed E-state index contributed by atoms with van der Waals surface area (Å²) in [5.74, 6) is -0.693. The number of alkyl halides is 3. The number of hydrogen-bond acceptors (Lipinski definition) is 5. The molecule has 1 aromatic heterocycles. The van der Waals surface area contributed by atoms with E-state index in [1.165, 1.54) is 40.5 Å². The molecule has 0 aliphatic carbocycles. The lowest BCUT2D eigenvalue weighted by molar-refractivity contribution is -0.137. The molecule has 1 fully saturated rings. The highest BCUT2D eigenvalue weighted by molar-refractivity contribution is 7.10. The third-order valence-corrected chi connectivity index (χ3v) is 7.82. The van der Waals surface area contributed by atoms with Crippen LogP contribution in [0.25, 0.3) is 0 Å². The van der Waals surface area contributed by atoms with Crippen molar-refractivity contribution in [3.05, 3.63) is 87.4 Å². The Labute approximate surface area is 240 Å². The minimum Gasteiger partial charge on any atom is -0.379 e. The number of morpholine rings is 1. The monoisotopic (exact) mass is 592 g/mol. The molecule has 41 heavy (non-hydrogen) atoms. The Morgan fingerprint density at radius 3 is 2.27 bits per heavy atom. The van der Waals surface area contributed by atoms with E-state index in [-0.39, 0.29) is 37.0 Å². The standard InChI is InChI=1S/C29H32F4N4O3S/c1-21-10-17-41-26(21)19-37(18-22-2-6-24(30)7-3-22)27(38)20-36(12-11-35-13-15-40-16-14-35)28(39)34-25-8-4-23(5-9-25)29(31,32)33/h2-10,17H,11-16,18-20H2,1H3,(H,34,39). The number of halogens is 4. The average molecular weight is 593 g/mol. The van der Waals surface area contributed by atoms with Crippen molar-refractivity contribution >= 4 is 29.0 Å². The smallest absolute Gasteiger partial charge is 0.379 e. The zero-order chi connectivity index (χ0) is 29.4. The molecule has 0 spiro atoms. The van der Waals surface area contributed by atoms with E-state index in [9.17, 15) is 27.2 Å². The van der Waals surface area contributed by atoms with Crippen molar-refractivity contribution in [3.63, 3.8) is 0 Å². The van der Waals surface area contributed by atoms with Gasteiger partial charge in [-0.25, -0.2) is 9.18 Å². The second-order valence-electron chi connectivity index (χ2n) is 9.78. The molecule has 1 N–H and O–H groups in total. The van der Waals surface area contributed by atoms with Gasteiger partial charge < -0.3 is 19.9 Å². The number of carbonyl (C=O) groups excluding carboxylic acids is 2. The van der Waals surface area contributed by atoms with Gasteiger partial charge in [0.05, 0.1) is 25.3 Å². The van der Waals surface area contributed by atoms with E-state index in [0.29, 0.717) is 39.4 Å². The maximum Gasteiger partial charge on any atom is 0.416 e. The average Bonchev–Trinajstić information content (AvgIpc) is 3.36. The molecule has 3 aromatic rings. The molecule has 0 bridgehead atoms. The van der Waals surface area contributed by atoms with E-state index < -0.39 is 17.8 Å². The molecule has 1 aliphatic heterocycles. The number of nitrogens with one attached hydrogen (secondary N) is 1. The molecule has 1 saturated heterocycles. The van der Waals surface area contributed by atoms with Crippen LogP contribution in [0.2, 0.25) is 0 Å². The first kappa shape index (κ1) is 30.5. The third-order valence-electron chi connectivity index (χ3n) is 6.81. The number of aryl methyl sites for hydroxylation is 1. The minimum atomic E-state index is -4.49. The summed E-state index contributed by atoms with van der Waals surface area (Å²) in [5.41, 5.74) is 1.14. The maximum absolute atomic E-state index is 13.7. The van der Waals surface area contributed by atoms with Crippen LogP contribution in [0.15, 0.2) is 60.0 Å². The normalized spacial score (nSPS) is 14.1. The first-order chi connectivity index (χ1) is 19.6. The fraction of sp³-hybridized carbons (Fsp3) is 0.379. The van der Waals surface area contributed by atoms with Crippen LogP contribution >= 0.6 is 11.3 Å². The van der Waals surface area contributed by atoms with Crippen LogP contribution < -0.4 is 5.32 Å². The summed E-state index contributed by atoms with van der Waals surface area (Å²) in [6.07, 6.45) is -4.49. The molecule has 4 rings (SSSR count). The molecule has 0 unspecified atom stereocenters. The molecular weight excluding hydrogens is 560 g/mol.